The van der Waals surface area contributed by atoms with Gasteiger partial charge in [-0.25, -0.2) is 9.97 Å². The minimum Gasteiger partial charge on any atom is -0.265 e. The van der Waals surface area contributed by atoms with E-state index in [9.17, 15) is 0 Å². The van der Waals surface area contributed by atoms with Crippen molar-refractivity contribution in [1.82, 2.24) is 19.9 Å². The van der Waals surface area contributed by atoms with E-state index in [1.54, 1.807) is 0 Å². The molecular formula is C52H32N4. The van der Waals surface area contributed by atoms with Crippen LogP contribution in [0, 0.1) is 0 Å². The van der Waals surface area contributed by atoms with Crippen molar-refractivity contribution in [2.45, 2.75) is 0 Å². The molecule has 0 aliphatic rings. The summed E-state index contributed by atoms with van der Waals surface area (Å²) < 4.78 is 0. The highest BCUT2D eigenvalue weighted by atomic mass is 14.9. The molecule has 4 nitrogen and oxygen atoms in total. The highest BCUT2D eigenvalue weighted by Crippen LogP contribution is 2.43. The van der Waals surface area contributed by atoms with Crippen molar-refractivity contribution in [1.29, 1.82) is 0 Å². The molecule has 56 heavy (non-hydrogen) atoms. The van der Waals surface area contributed by atoms with E-state index in [0.717, 1.165) is 55.7 Å². The molecule has 11 aromatic rings. The van der Waals surface area contributed by atoms with Crippen LogP contribution in [0.15, 0.2) is 195 Å². The smallest absolute Gasteiger partial charge is 0.160 e. The third kappa shape index (κ3) is 5.47. The highest BCUT2D eigenvalue weighted by Gasteiger charge is 2.17. The van der Waals surface area contributed by atoms with Crippen LogP contribution in [0.1, 0.15) is 0 Å². The Morgan fingerprint density at radius 1 is 0.339 bits per heavy atom. The van der Waals surface area contributed by atoms with Crippen molar-refractivity contribution in [3.05, 3.63) is 195 Å². The second-order valence-electron chi connectivity index (χ2n) is 14.3. The minimum atomic E-state index is 0.663. The van der Waals surface area contributed by atoms with Gasteiger partial charge < -0.3 is 0 Å². The van der Waals surface area contributed by atoms with Gasteiger partial charge in [0.05, 0.1) is 16.9 Å². The summed E-state index contributed by atoms with van der Waals surface area (Å²) in [5.74, 6) is 0.663. The SMILES string of the molecule is c1ccc(-c2ccc3ccc4c(-c5cccc(-c6nc(-c7ccc(-c8ccncc8)cc7)cc(-c7cnc8ccccc8c7)n6)c5)ccc5ccc2c3c54)cc1. The lowest BCUT2D eigenvalue weighted by Gasteiger charge is -2.17. The van der Waals surface area contributed by atoms with E-state index in [4.69, 9.17) is 15.0 Å². The van der Waals surface area contributed by atoms with Gasteiger partial charge in [0.15, 0.2) is 5.82 Å². The van der Waals surface area contributed by atoms with Gasteiger partial charge in [0.2, 0.25) is 0 Å². The monoisotopic (exact) mass is 712 g/mol. The molecule has 3 aromatic heterocycles. The molecule has 0 saturated heterocycles. The first-order valence-corrected chi connectivity index (χ1v) is 18.9. The first kappa shape index (κ1) is 31.9. The molecule has 8 aromatic carbocycles. The lowest BCUT2D eigenvalue weighted by Crippen LogP contribution is -1.97. The molecule has 0 N–H and O–H groups in total. The van der Waals surface area contributed by atoms with Gasteiger partial charge in [-0.2, -0.15) is 0 Å². The summed E-state index contributed by atoms with van der Waals surface area (Å²) in [7, 11) is 0. The van der Waals surface area contributed by atoms with E-state index < -0.39 is 0 Å². The second-order valence-corrected chi connectivity index (χ2v) is 14.3. The molecule has 3 heterocycles. The molecule has 0 atom stereocenters. The summed E-state index contributed by atoms with van der Waals surface area (Å²) in [5, 5.41) is 8.66. The fourth-order valence-electron chi connectivity index (χ4n) is 8.21. The Bertz CT molecular complexity index is 3230. The van der Waals surface area contributed by atoms with Gasteiger partial charge in [0.1, 0.15) is 0 Å². The Balaban J connectivity index is 1.06. The lowest BCUT2D eigenvalue weighted by molar-refractivity contribution is 1.18. The zero-order valence-electron chi connectivity index (χ0n) is 30.3. The fourth-order valence-corrected chi connectivity index (χ4v) is 8.21. The van der Waals surface area contributed by atoms with Gasteiger partial charge in [-0.1, -0.05) is 140 Å². The van der Waals surface area contributed by atoms with Crippen molar-refractivity contribution in [3.8, 4) is 67.3 Å². The number of fused-ring (bicyclic) bond motifs is 1. The zero-order valence-corrected chi connectivity index (χ0v) is 30.3. The Morgan fingerprint density at radius 2 is 0.929 bits per heavy atom. The predicted octanol–water partition coefficient (Wildman–Crippen LogP) is 13.3. The quantitative estimate of drug-likeness (QED) is 0.161. The zero-order chi connectivity index (χ0) is 37.0. The largest absolute Gasteiger partial charge is 0.265 e. The van der Waals surface area contributed by atoms with Crippen LogP contribution in [0.25, 0.3) is 111 Å². The Kier molecular flexibility index (Phi) is 7.46. The Hall–Kier alpha value is -7.56. The molecule has 0 fully saturated rings. The van der Waals surface area contributed by atoms with Crippen LogP contribution < -0.4 is 0 Å². The third-order valence-electron chi connectivity index (χ3n) is 11.0. The van der Waals surface area contributed by atoms with Crippen LogP contribution in [0.5, 0.6) is 0 Å². The maximum absolute atomic E-state index is 5.22. The molecular weight excluding hydrogens is 681 g/mol. The summed E-state index contributed by atoms with van der Waals surface area (Å²) in [6, 6.07) is 62.5. The van der Waals surface area contributed by atoms with Crippen LogP contribution in [-0.4, -0.2) is 19.9 Å². The number of nitrogens with zero attached hydrogens (tertiary/aromatic N) is 4. The number of aromatic nitrogens is 4. The summed E-state index contributed by atoms with van der Waals surface area (Å²) in [5.41, 5.74) is 12.6. The third-order valence-corrected chi connectivity index (χ3v) is 11.0. The summed E-state index contributed by atoms with van der Waals surface area (Å²) in [6.07, 6.45) is 5.56. The van der Waals surface area contributed by atoms with Gasteiger partial charge in [-0.15, -0.1) is 0 Å². The molecule has 4 heteroatoms. The molecule has 0 aliphatic carbocycles. The van der Waals surface area contributed by atoms with Crippen molar-refractivity contribution in [2.75, 3.05) is 0 Å². The fraction of sp³-hybridized carbons (Fsp3) is 0. The molecule has 11 rings (SSSR count). The molecule has 0 unspecified atom stereocenters. The van der Waals surface area contributed by atoms with E-state index in [1.807, 2.05) is 48.9 Å². The van der Waals surface area contributed by atoms with Gasteiger partial charge in [0, 0.05) is 40.7 Å². The second kappa shape index (κ2) is 13.1. The molecule has 0 aliphatic heterocycles. The summed E-state index contributed by atoms with van der Waals surface area (Å²) in [4.78, 5) is 19.4. The van der Waals surface area contributed by atoms with Crippen molar-refractivity contribution in [2.24, 2.45) is 0 Å². The first-order chi connectivity index (χ1) is 27.7. The average Bonchev–Trinajstić information content (AvgIpc) is 3.28. The van der Waals surface area contributed by atoms with Crippen LogP contribution in [0.3, 0.4) is 0 Å². The molecule has 0 spiro atoms. The molecule has 260 valence electrons. The van der Waals surface area contributed by atoms with E-state index in [2.05, 4.69) is 151 Å². The maximum atomic E-state index is 5.22. The van der Waals surface area contributed by atoms with Crippen molar-refractivity contribution >= 4 is 43.2 Å². The number of benzene rings is 8. The van der Waals surface area contributed by atoms with Crippen molar-refractivity contribution < 1.29 is 0 Å². The number of rotatable bonds is 6. The van der Waals surface area contributed by atoms with E-state index in [0.29, 0.717) is 5.82 Å². The normalized spacial score (nSPS) is 11.6. The predicted molar refractivity (Wildman–Crippen MR) is 231 cm³/mol. The van der Waals surface area contributed by atoms with Crippen LogP contribution in [0.4, 0.5) is 0 Å². The minimum absolute atomic E-state index is 0.663. The van der Waals surface area contributed by atoms with Gasteiger partial charge in [-0.05, 0) is 102 Å². The van der Waals surface area contributed by atoms with Crippen LogP contribution in [-0.2, 0) is 0 Å². The Morgan fingerprint density at radius 3 is 1.68 bits per heavy atom. The number of hydrogen-bond donors (Lipinski definition) is 0. The lowest BCUT2D eigenvalue weighted by atomic mass is 9.87. The van der Waals surface area contributed by atoms with Gasteiger partial charge >= 0.3 is 0 Å². The average molecular weight is 713 g/mol. The molecule has 0 amide bonds. The van der Waals surface area contributed by atoms with E-state index >= 15 is 0 Å². The van der Waals surface area contributed by atoms with Crippen LogP contribution >= 0.6 is 0 Å². The maximum Gasteiger partial charge on any atom is 0.160 e. The Labute approximate surface area is 323 Å². The number of hydrogen-bond acceptors (Lipinski definition) is 4. The van der Waals surface area contributed by atoms with E-state index in [1.165, 1.54) is 49.0 Å². The number of pyridine rings is 2. The van der Waals surface area contributed by atoms with Crippen molar-refractivity contribution in [3.63, 3.8) is 0 Å². The first-order valence-electron chi connectivity index (χ1n) is 18.9. The standard InChI is InChI=1S/C52H32N4/c1-2-7-35(8-3-1)43-21-17-37-20-24-46-44(22-18-38-19-23-45(43)50(37)51(38)46)39-10-6-11-41(29-39)52-55-48(36-15-13-33(14-16-36)34-25-27-53-28-26-34)31-49(56-52)42-30-40-9-4-5-12-47(40)54-32-42/h1-32H. The summed E-state index contributed by atoms with van der Waals surface area (Å²) >= 11 is 0. The number of para-hydroxylation sites is 1. The highest BCUT2D eigenvalue weighted by molar-refractivity contribution is 6.27. The van der Waals surface area contributed by atoms with Crippen LogP contribution in [0.2, 0.25) is 0 Å². The summed E-state index contributed by atoms with van der Waals surface area (Å²) in [6.45, 7) is 0. The van der Waals surface area contributed by atoms with Gasteiger partial charge in [-0.3, -0.25) is 9.97 Å². The molecule has 0 saturated carbocycles. The van der Waals surface area contributed by atoms with Gasteiger partial charge in [0.25, 0.3) is 0 Å². The molecule has 0 bridgehead atoms. The van der Waals surface area contributed by atoms with E-state index in [-0.39, 0.29) is 0 Å². The molecule has 0 radical (unpaired) electrons. The topological polar surface area (TPSA) is 51.6 Å².